The predicted molar refractivity (Wildman–Crippen MR) is 148 cm³/mol. The zero-order valence-electron chi connectivity index (χ0n) is 23.4. The fraction of sp³-hybridized carbons (Fsp3) is 0.871. The number of hydrogen-bond donors (Lipinski definition) is 0. The fourth-order valence-electron chi connectivity index (χ4n) is 6.43. The van der Waals surface area contributed by atoms with E-state index in [-0.39, 0.29) is 0 Å². The topological polar surface area (TPSA) is 6.48 Å². The van der Waals surface area contributed by atoms with E-state index < -0.39 is 0 Å². The molecule has 2 rings (SSSR count). The van der Waals surface area contributed by atoms with Crippen LogP contribution in [0.5, 0.6) is 0 Å². The van der Waals surface area contributed by atoms with Crippen LogP contribution in [0.2, 0.25) is 0 Å². The molecule has 0 saturated carbocycles. The number of nitrogens with zero attached hydrogens (tertiary/aromatic N) is 2. The zero-order valence-corrected chi connectivity index (χ0v) is 23.4. The third-order valence-corrected chi connectivity index (χ3v) is 8.34. The molecule has 0 aromatic rings. The summed E-state index contributed by atoms with van der Waals surface area (Å²) in [5.74, 6) is 3.13. The Hall–Kier alpha value is -0.600. The average molecular weight is 459 g/mol. The molecule has 2 aliphatic rings. The lowest BCUT2D eigenvalue weighted by Crippen LogP contribution is -2.51. The Bertz CT molecular complexity index is 527. The Kier molecular flexibility index (Phi) is 14.0. The molecular formula is C31H58N2. The minimum absolute atomic E-state index is 0.773. The molecule has 0 aromatic carbocycles. The van der Waals surface area contributed by atoms with Gasteiger partial charge < -0.3 is 0 Å². The molecule has 0 aromatic heterocycles. The highest BCUT2D eigenvalue weighted by Gasteiger charge is 2.34. The Morgan fingerprint density at radius 1 is 0.576 bits per heavy atom. The molecule has 4 atom stereocenters. The summed E-state index contributed by atoms with van der Waals surface area (Å²) in [4.78, 5) is 5.70. The van der Waals surface area contributed by atoms with Crippen molar-refractivity contribution in [3.8, 4) is 0 Å². The summed E-state index contributed by atoms with van der Waals surface area (Å²) in [6.45, 7) is 20.5. The standard InChI is InChI=1S/C31H58N2/c1-7-13-17-28-23-32(21-26(11-5)30(28)19-15-9-3)25-33-22-27(12-6)31(20-16-10-4)29(24-33)18-14-8-2/h19-20,26-29H,7-18,21-25H2,1-6H3/b30-19+,31-20+. The van der Waals surface area contributed by atoms with Crippen LogP contribution >= 0.6 is 0 Å². The molecule has 33 heavy (non-hydrogen) atoms. The second kappa shape index (κ2) is 16.1. The summed E-state index contributed by atoms with van der Waals surface area (Å²) in [5, 5.41) is 0. The van der Waals surface area contributed by atoms with Crippen molar-refractivity contribution in [2.75, 3.05) is 32.8 Å². The molecule has 0 bridgehead atoms. The maximum atomic E-state index is 2.85. The number of hydrogen-bond acceptors (Lipinski definition) is 2. The van der Waals surface area contributed by atoms with Crippen molar-refractivity contribution in [3.05, 3.63) is 23.3 Å². The molecule has 0 spiro atoms. The van der Waals surface area contributed by atoms with Gasteiger partial charge in [0.2, 0.25) is 0 Å². The largest absolute Gasteiger partial charge is 0.289 e. The lowest BCUT2D eigenvalue weighted by molar-refractivity contribution is 0.0540. The van der Waals surface area contributed by atoms with Gasteiger partial charge in [-0.15, -0.1) is 0 Å². The molecule has 2 heterocycles. The van der Waals surface area contributed by atoms with Gasteiger partial charge >= 0.3 is 0 Å². The van der Waals surface area contributed by atoms with Crippen LogP contribution in [0.1, 0.15) is 119 Å². The molecule has 2 heteroatoms. The van der Waals surface area contributed by atoms with E-state index in [4.69, 9.17) is 0 Å². The van der Waals surface area contributed by atoms with Gasteiger partial charge in [0.05, 0.1) is 6.67 Å². The SMILES string of the molecule is CCC/C=C1\C(CC)CN(CN2CC(CC)/C(=C\CCC)C(CCCC)C2)CC1CCCC. The molecule has 0 N–H and O–H groups in total. The van der Waals surface area contributed by atoms with E-state index in [1.165, 1.54) is 110 Å². The van der Waals surface area contributed by atoms with Crippen LogP contribution in [0, 0.1) is 23.7 Å². The molecular weight excluding hydrogens is 400 g/mol. The van der Waals surface area contributed by atoms with Crippen LogP contribution in [0.15, 0.2) is 23.3 Å². The van der Waals surface area contributed by atoms with Crippen LogP contribution in [0.3, 0.4) is 0 Å². The molecule has 2 saturated heterocycles. The fourth-order valence-corrected chi connectivity index (χ4v) is 6.43. The normalized spacial score (nSPS) is 29.9. The summed E-state index contributed by atoms with van der Waals surface area (Å²) in [6.07, 6.45) is 21.2. The van der Waals surface area contributed by atoms with Gasteiger partial charge in [0.1, 0.15) is 0 Å². The number of unbranched alkanes of at least 4 members (excludes halogenated alkanes) is 4. The van der Waals surface area contributed by atoms with E-state index in [9.17, 15) is 0 Å². The third-order valence-electron chi connectivity index (χ3n) is 8.34. The van der Waals surface area contributed by atoms with E-state index in [0.717, 1.165) is 23.7 Å². The summed E-state index contributed by atoms with van der Waals surface area (Å²) in [5.41, 5.74) is 3.64. The van der Waals surface area contributed by atoms with Crippen LogP contribution < -0.4 is 0 Å². The summed E-state index contributed by atoms with van der Waals surface area (Å²) < 4.78 is 0. The van der Waals surface area contributed by atoms with E-state index in [1.807, 2.05) is 11.1 Å². The monoisotopic (exact) mass is 458 g/mol. The minimum Gasteiger partial charge on any atom is -0.289 e. The predicted octanol–water partition coefficient (Wildman–Crippen LogP) is 8.69. The van der Waals surface area contributed by atoms with Crippen molar-refractivity contribution in [1.82, 2.24) is 9.80 Å². The molecule has 2 fully saturated rings. The van der Waals surface area contributed by atoms with Gasteiger partial charge in [-0.2, -0.15) is 0 Å². The quantitative estimate of drug-likeness (QED) is 0.240. The number of piperidine rings is 2. The first-order valence-corrected chi connectivity index (χ1v) is 15.0. The van der Waals surface area contributed by atoms with Gasteiger partial charge in [-0.05, 0) is 62.2 Å². The lowest BCUT2D eigenvalue weighted by Gasteiger charge is -2.46. The number of likely N-dealkylation sites (tertiary alicyclic amines) is 2. The van der Waals surface area contributed by atoms with Crippen LogP contribution in [0.4, 0.5) is 0 Å². The second-order valence-electron chi connectivity index (χ2n) is 11.1. The van der Waals surface area contributed by atoms with Gasteiger partial charge in [0, 0.05) is 26.2 Å². The number of allylic oxidation sites excluding steroid dienone is 2. The summed E-state index contributed by atoms with van der Waals surface area (Å²) in [7, 11) is 0. The van der Waals surface area contributed by atoms with Crippen molar-refractivity contribution < 1.29 is 0 Å². The molecule has 2 aliphatic heterocycles. The molecule has 4 unspecified atom stereocenters. The maximum absolute atomic E-state index is 2.85. The average Bonchev–Trinajstić information content (AvgIpc) is 2.83. The van der Waals surface area contributed by atoms with E-state index in [0.29, 0.717) is 0 Å². The molecule has 0 amide bonds. The van der Waals surface area contributed by atoms with Crippen molar-refractivity contribution in [3.63, 3.8) is 0 Å². The lowest BCUT2D eigenvalue weighted by atomic mass is 9.78. The first-order valence-electron chi connectivity index (χ1n) is 15.0. The molecule has 192 valence electrons. The van der Waals surface area contributed by atoms with Crippen molar-refractivity contribution in [1.29, 1.82) is 0 Å². The van der Waals surface area contributed by atoms with Gasteiger partial charge in [0.15, 0.2) is 0 Å². The van der Waals surface area contributed by atoms with Crippen molar-refractivity contribution >= 4 is 0 Å². The van der Waals surface area contributed by atoms with Crippen molar-refractivity contribution in [2.24, 2.45) is 23.7 Å². The Morgan fingerprint density at radius 2 is 0.970 bits per heavy atom. The van der Waals surface area contributed by atoms with Gasteiger partial charge in [-0.25, -0.2) is 0 Å². The maximum Gasteiger partial charge on any atom is 0.0507 e. The first kappa shape index (κ1) is 28.6. The summed E-state index contributed by atoms with van der Waals surface area (Å²) >= 11 is 0. The van der Waals surface area contributed by atoms with Crippen LogP contribution in [-0.2, 0) is 0 Å². The zero-order chi connectivity index (χ0) is 24.1. The van der Waals surface area contributed by atoms with Gasteiger partial charge in [-0.3, -0.25) is 9.80 Å². The van der Waals surface area contributed by atoms with E-state index in [1.54, 1.807) is 0 Å². The highest BCUT2D eigenvalue weighted by molar-refractivity contribution is 5.17. The highest BCUT2D eigenvalue weighted by Crippen LogP contribution is 2.37. The smallest absolute Gasteiger partial charge is 0.0507 e. The Labute approximate surface area is 208 Å². The molecule has 2 nitrogen and oxygen atoms in total. The minimum atomic E-state index is 0.773. The first-order chi connectivity index (χ1) is 16.1. The third kappa shape index (κ3) is 8.84. The summed E-state index contributed by atoms with van der Waals surface area (Å²) in [6, 6.07) is 0. The Balaban J connectivity index is 2.13. The second-order valence-corrected chi connectivity index (χ2v) is 11.1. The van der Waals surface area contributed by atoms with Crippen molar-refractivity contribution in [2.45, 2.75) is 119 Å². The number of rotatable bonds is 14. The van der Waals surface area contributed by atoms with Gasteiger partial charge in [-0.1, -0.05) is 103 Å². The highest BCUT2D eigenvalue weighted by atomic mass is 15.3. The van der Waals surface area contributed by atoms with Crippen LogP contribution in [0.25, 0.3) is 0 Å². The Morgan fingerprint density at radius 3 is 1.30 bits per heavy atom. The molecule has 0 radical (unpaired) electrons. The molecule has 0 aliphatic carbocycles. The van der Waals surface area contributed by atoms with E-state index in [2.05, 4.69) is 63.5 Å². The van der Waals surface area contributed by atoms with E-state index >= 15 is 0 Å². The van der Waals surface area contributed by atoms with Gasteiger partial charge in [0.25, 0.3) is 0 Å². The van der Waals surface area contributed by atoms with Crippen LogP contribution in [-0.4, -0.2) is 42.6 Å².